The van der Waals surface area contributed by atoms with Crippen molar-refractivity contribution in [3.63, 3.8) is 0 Å². The molecule has 0 bridgehead atoms. The first-order chi connectivity index (χ1) is 10.8. The third-order valence-corrected chi connectivity index (χ3v) is 3.10. The van der Waals surface area contributed by atoms with Gasteiger partial charge < -0.3 is 0 Å². The number of rotatable bonds is 4. The maximum absolute atomic E-state index is 4.47. The predicted octanol–water partition coefficient (Wildman–Crippen LogP) is 3.90. The van der Waals surface area contributed by atoms with Crippen molar-refractivity contribution in [2.24, 2.45) is 5.10 Å². The SMILES string of the molecule is Cc1nc(N/N=C\c2ccccc2)cc(-c2ccccc2)n1. The lowest BCUT2D eigenvalue weighted by Gasteiger charge is -2.05. The standard InChI is InChI=1S/C18H16N4/c1-14-20-17(16-10-6-3-7-11-16)12-18(21-14)22-19-13-15-8-4-2-5-9-15/h2-13H,1H3,(H,20,21,22)/b19-13-. The van der Waals surface area contributed by atoms with Crippen LogP contribution in [-0.2, 0) is 0 Å². The number of hydrogen-bond donors (Lipinski definition) is 1. The van der Waals surface area contributed by atoms with E-state index in [4.69, 9.17) is 0 Å². The second kappa shape index (κ2) is 6.63. The van der Waals surface area contributed by atoms with Crippen molar-refractivity contribution in [3.8, 4) is 11.3 Å². The van der Waals surface area contributed by atoms with E-state index in [0.29, 0.717) is 11.6 Å². The van der Waals surface area contributed by atoms with Gasteiger partial charge in [-0.25, -0.2) is 9.97 Å². The van der Waals surface area contributed by atoms with E-state index in [9.17, 15) is 0 Å². The highest BCUT2D eigenvalue weighted by atomic mass is 15.3. The quantitative estimate of drug-likeness (QED) is 0.585. The lowest BCUT2D eigenvalue weighted by Crippen LogP contribution is -1.98. The zero-order valence-electron chi connectivity index (χ0n) is 12.3. The molecule has 2 aromatic carbocycles. The average Bonchev–Trinajstić information content (AvgIpc) is 2.56. The second-order valence-electron chi connectivity index (χ2n) is 4.83. The maximum Gasteiger partial charge on any atom is 0.150 e. The molecule has 1 aromatic heterocycles. The summed E-state index contributed by atoms with van der Waals surface area (Å²) in [5, 5.41) is 4.22. The van der Waals surface area contributed by atoms with Crippen LogP contribution in [0.5, 0.6) is 0 Å². The second-order valence-corrected chi connectivity index (χ2v) is 4.83. The van der Waals surface area contributed by atoms with Gasteiger partial charge in [-0.3, -0.25) is 5.43 Å². The number of hydrazone groups is 1. The molecular formula is C18H16N4. The Bertz CT molecular complexity index is 768. The summed E-state index contributed by atoms with van der Waals surface area (Å²) in [5.41, 5.74) is 5.93. The first-order valence-corrected chi connectivity index (χ1v) is 7.06. The van der Waals surface area contributed by atoms with Crippen LogP contribution in [0.2, 0.25) is 0 Å². The van der Waals surface area contributed by atoms with Crippen molar-refractivity contribution < 1.29 is 0 Å². The summed E-state index contributed by atoms with van der Waals surface area (Å²) in [6, 6.07) is 21.8. The number of nitrogens with zero attached hydrogens (tertiary/aromatic N) is 3. The largest absolute Gasteiger partial charge is 0.261 e. The summed E-state index contributed by atoms with van der Waals surface area (Å²) in [6.07, 6.45) is 1.76. The van der Waals surface area contributed by atoms with Gasteiger partial charge in [0.2, 0.25) is 0 Å². The van der Waals surface area contributed by atoms with Crippen molar-refractivity contribution >= 4 is 12.0 Å². The van der Waals surface area contributed by atoms with Gasteiger partial charge >= 0.3 is 0 Å². The van der Waals surface area contributed by atoms with Crippen LogP contribution < -0.4 is 5.43 Å². The molecule has 3 rings (SSSR count). The zero-order valence-corrected chi connectivity index (χ0v) is 12.3. The normalized spacial score (nSPS) is 10.8. The summed E-state index contributed by atoms with van der Waals surface area (Å²) in [6.45, 7) is 1.87. The molecule has 1 heterocycles. The molecule has 0 aliphatic carbocycles. The molecule has 0 saturated carbocycles. The Balaban J connectivity index is 1.80. The van der Waals surface area contributed by atoms with E-state index in [1.165, 1.54) is 0 Å². The number of hydrogen-bond acceptors (Lipinski definition) is 4. The Morgan fingerprint density at radius 3 is 2.32 bits per heavy atom. The summed E-state index contributed by atoms with van der Waals surface area (Å²) in [5.74, 6) is 1.39. The molecule has 22 heavy (non-hydrogen) atoms. The number of nitrogens with one attached hydrogen (secondary N) is 1. The Morgan fingerprint density at radius 2 is 1.59 bits per heavy atom. The van der Waals surface area contributed by atoms with Crippen LogP contribution in [0.25, 0.3) is 11.3 Å². The molecule has 4 nitrogen and oxygen atoms in total. The van der Waals surface area contributed by atoms with Gasteiger partial charge in [0.25, 0.3) is 0 Å². The Kier molecular flexibility index (Phi) is 4.20. The third-order valence-electron chi connectivity index (χ3n) is 3.10. The van der Waals surface area contributed by atoms with E-state index in [2.05, 4.69) is 20.5 Å². The van der Waals surface area contributed by atoms with Gasteiger partial charge in [-0.1, -0.05) is 60.7 Å². The van der Waals surface area contributed by atoms with Crippen molar-refractivity contribution in [2.75, 3.05) is 5.43 Å². The van der Waals surface area contributed by atoms with Crippen molar-refractivity contribution in [1.29, 1.82) is 0 Å². The van der Waals surface area contributed by atoms with Crippen LogP contribution in [0.15, 0.2) is 71.8 Å². The van der Waals surface area contributed by atoms with Gasteiger partial charge in [0.15, 0.2) is 0 Å². The van der Waals surface area contributed by atoms with Gasteiger partial charge in [0, 0.05) is 11.6 Å². The molecule has 0 aliphatic heterocycles. The predicted molar refractivity (Wildman–Crippen MR) is 89.9 cm³/mol. The summed E-state index contributed by atoms with van der Waals surface area (Å²) in [4.78, 5) is 8.82. The van der Waals surface area contributed by atoms with E-state index in [1.54, 1.807) is 6.21 Å². The molecule has 0 fully saturated rings. The molecular weight excluding hydrogens is 272 g/mol. The van der Waals surface area contributed by atoms with Crippen LogP contribution in [0.4, 0.5) is 5.82 Å². The van der Waals surface area contributed by atoms with E-state index in [1.807, 2.05) is 73.7 Å². The lowest BCUT2D eigenvalue weighted by atomic mass is 10.1. The van der Waals surface area contributed by atoms with E-state index < -0.39 is 0 Å². The Hall–Kier alpha value is -3.01. The number of aryl methyl sites for hydroxylation is 1. The minimum atomic E-state index is 0.679. The molecule has 0 spiro atoms. The molecule has 0 radical (unpaired) electrons. The van der Waals surface area contributed by atoms with Crippen molar-refractivity contribution in [1.82, 2.24) is 9.97 Å². The topological polar surface area (TPSA) is 50.2 Å². The van der Waals surface area contributed by atoms with Gasteiger partial charge in [0.1, 0.15) is 11.6 Å². The fourth-order valence-corrected chi connectivity index (χ4v) is 2.09. The number of anilines is 1. The van der Waals surface area contributed by atoms with Gasteiger partial charge in [-0.2, -0.15) is 5.10 Å². The molecule has 3 aromatic rings. The fraction of sp³-hybridized carbons (Fsp3) is 0.0556. The molecule has 1 N–H and O–H groups in total. The maximum atomic E-state index is 4.47. The average molecular weight is 288 g/mol. The highest BCUT2D eigenvalue weighted by Gasteiger charge is 2.03. The molecule has 0 unspecified atom stereocenters. The highest BCUT2D eigenvalue weighted by Crippen LogP contribution is 2.19. The molecule has 0 atom stereocenters. The van der Waals surface area contributed by atoms with Crippen LogP contribution in [0.1, 0.15) is 11.4 Å². The van der Waals surface area contributed by atoms with Gasteiger partial charge in [-0.05, 0) is 12.5 Å². The molecule has 0 aliphatic rings. The first-order valence-electron chi connectivity index (χ1n) is 7.06. The molecule has 108 valence electrons. The minimum Gasteiger partial charge on any atom is -0.261 e. The zero-order chi connectivity index (χ0) is 15.2. The Morgan fingerprint density at radius 1 is 0.909 bits per heavy atom. The smallest absolute Gasteiger partial charge is 0.150 e. The van der Waals surface area contributed by atoms with Crippen LogP contribution >= 0.6 is 0 Å². The van der Waals surface area contributed by atoms with E-state index >= 15 is 0 Å². The van der Waals surface area contributed by atoms with Gasteiger partial charge in [-0.15, -0.1) is 0 Å². The van der Waals surface area contributed by atoms with Crippen molar-refractivity contribution in [2.45, 2.75) is 6.92 Å². The molecule has 0 amide bonds. The van der Waals surface area contributed by atoms with Crippen LogP contribution in [0.3, 0.4) is 0 Å². The van der Waals surface area contributed by atoms with Gasteiger partial charge in [0.05, 0.1) is 11.9 Å². The van der Waals surface area contributed by atoms with E-state index in [0.717, 1.165) is 16.8 Å². The third kappa shape index (κ3) is 3.55. The van der Waals surface area contributed by atoms with Crippen LogP contribution in [-0.4, -0.2) is 16.2 Å². The summed E-state index contributed by atoms with van der Waals surface area (Å²) >= 11 is 0. The fourth-order valence-electron chi connectivity index (χ4n) is 2.09. The highest BCUT2D eigenvalue weighted by molar-refractivity contribution is 5.80. The summed E-state index contributed by atoms with van der Waals surface area (Å²) in [7, 11) is 0. The minimum absolute atomic E-state index is 0.679. The molecule has 4 heteroatoms. The monoisotopic (exact) mass is 288 g/mol. The van der Waals surface area contributed by atoms with Crippen molar-refractivity contribution in [3.05, 3.63) is 78.1 Å². The number of benzene rings is 2. The summed E-state index contributed by atoms with van der Waals surface area (Å²) < 4.78 is 0. The molecule has 0 saturated heterocycles. The number of aromatic nitrogens is 2. The first kappa shape index (κ1) is 13.9. The van der Waals surface area contributed by atoms with E-state index in [-0.39, 0.29) is 0 Å². The Labute approximate surface area is 129 Å². The lowest BCUT2D eigenvalue weighted by molar-refractivity contribution is 1.05. The van der Waals surface area contributed by atoms with Crippen LogP contribution in [0, 0.1) is 6.92 Å².